The lowest BCUT2D eigenvalue weighted by Gasteiger charge is -2.16. The maximum atomic E-state index is 10.8. The van der Waals surface area contributed by atoms with Gasteiger partial charge in [-0.25, -0.2) is 4.79 Å². The van der Waals surface area contributed by atoms with Crippen molar-refractivity contribution >= 4 is 22.3 Å². The highest BCUT2D eigenvalue weighted by molar-refractivity contribution is 7.17. The number of carboxylic acid groups (broad SMARTS) is 1. The van der Waals surface area contributed by atoms with Gasteiger partial charge >= 0.3 is 5.97 Å². The van der Waals surface area contributed by atoms with Crippen molar-refractivity contribution in [2.45, 2.75) is 19.3 Å². The number of hydrogen-bond acceptors (Lipinski definition) is 3. The highest BCUT2D eigenvalue weighted by Crippen LogP contribution is 2.41. The monoisotopic (exact) mass is 237 g/mol. The largest absolute Gasteiger partial charge is 0.477 e. The molecule has 2 aliphatic rings. The third-order valence-electron chi connectivity index (χ3n) is 3.84. The van der Waals surface area contributed by atoms with Crippen LogP contribution in [0.4, 0.5) is 5.00 Å². The van der Waals surface area contributed by atoms with Gasteiger partial charge in [0.1, 0.15) is 4.88 Å². The van der Waals surface area contributed by atoms with E-state index < -0.39 is 5.97 Å². The Morgan fingerprint density at radius 1 is 1.31 bits per heavy atom. The van der Waals surface area contributed by atoms with Gasteiger partial charge in [-0.1, -0.05) is 6.42 Å². The van der Waals surface area contributed by atoms with Gasteiger partial charge in [-0.2, -0.15) is 0 Å². The van der Waals surface area contributed by atoms with E-state index in [1.165, 1.54) is 30.6 Å². The normalized spacial score (nSPS) is 28.4. The molecule has 4 heteroatoms. The van der Waals surface area contributed by atoms with Gasteiger partial charge in [-0.05, 0) is 36.8 Å². The number of aromatic carboxylic acids is 1. The molecule has 3 nitrogen and oxygen atoms in total. The Labute approximate surface area is 98.7 Å². The van der Waals surface area contributed by atoms with E-state index in [1.807, 2.05) is 6.07 Å². The lowest BCUT2D eigenvalue weighted by molar-refractivity contribution is 0.0702. The highest BCUT2D eigenvalue weighted by Gasteiger charge is 2.36. The zero-order valence-corrected chi connectivity index (χ0v) is 9.87. The number of thiophene rings is 1. The molecular weight excluding hydrogens is 222 g/mol. The van der Waals surface area contributed by atoms with E-state index in [2.05, 4.69) is 4.90 Å². The summed E-state index contributed by atoms with van der Waals surface area (Å²) in [7, 11) is 0. The Hall–Kier alpha value is -1.03. The van der Waals surface area contributed by atoms with Crippen molar-refractivity contribution in [2.75, 3.05) is 18.0 Å². The quantitative estimate of drug-likeness (QED) is 0.859. The molecule has 86 valence electrons. The molecule has 2 fully saturated rings. The van der Waals surface area contributed by atoms with Crippen LogP contribution in [0, 0.1) is 11.8 Å². The van der Waals surface area contributed by atoms with Crippen LogP contribution in [0.25, 0.3) is 0 Å². The summed E-state index contributed by atoms with van der Waals surface area (Å²) in [5.74, 6) is 0.904. The minimum atomic E-state index is -0.810. The maximum Gasteiger partial charge on any atom is 0.345 e. The summed E-state index contributed by atoms with van der Waals surface area (Å²) in [6.07, 6.45) is 4.10. The van der Waals surface area contributed by atoms with Crippen LogP contribution in [0.15, 0.2) is 12.1 Å². The molecule has 1 N–H and O–H groups in total. The van der Waals surface area contributed by atoms with Crippen LogP contribution in [0.5, 0.6) is 0 Å². The third-order valence-corrected chi connectivity index (χ3v) is 4.97. The van der Waals surface area contributed by atoms with Crippen molar-refractivity contribution < 1.29 is 9.90 Å². The SMILES string of the molecule is O=C(O)c1ccc(N2CC3CCCC3C2)s1. The van der Waals surface area contributed by atoms with Gasteiger partial charge in [0, 0.05) is 13.1 Å². The lowest BCUT2D eigenvalue weighted by Crippen LogP contribution is -2.19. The van der Waals surface area contributed by atoms with E-state index in [9.17, 15) is 4.79 Å². The lowest BCUT2D eigenvalue weighted by atomic mass is 10.0. The van der Waals surface area contributed by atoms with E-state index >= 15 is 0 Å². The zero-order chi connectivity index (χ0) is 11.1. The van der Waals surface area contributed by atoms with E-state index in [4.69, 9.17) is 5.11 Å². The first-order chi connectivity index (χ1) is 7.74. The molecule has 3 rings (SSSR count). The molecule has 1 aromatic heterocycles. The van der Waals surface area contributed by atoms with Crippen LogP contribution in [0.2, 0.25) is 0 Å². The first-order valence-electron chi connectivity index (χ1n) is 5.82. The number of fused-ring (bicyclic) bond motifs is 1. The number of carbonyl (C=O) groups is 1. The Balaban J connectivity index is 1.76. The molecule has 0 bridgehead atoms. The van der Waals surface area contributed by atoms with E-state index in [0.29, 0.717) is 4.88 Å². The van der Waals surface area contributed by atoms with Crippen LogP contribution >= 0.6 is 11.3 Å². The molecule has 0 radical (unpaired) electrons. The first-order valence-corrected chi connectivity index (χ1v) is 6.64. The third kappa shape index (κ3) is 1.61. The Morgan fingerprint density at radius 2 is 2.00 bits per heavy atom. The summed E-state index contributed by atoms with van der Waals surface area (Å²) in [5, 5.41) is 10.0. The molecule has 0 spiro atoms. The van der Waals surface area contributed by atoms with Gasteiger partial charge in [0.05, 0.1) is 5.00 Å². The van der Waals surface area contributed by atoms with Crippen molar-refractivity contribution in [3.63, 3.8) is 0 Å². The van der Waals surface area contributed by atoms with Gasteiger partial charge in [0.15, 0.2) is 0 Å². The molecule has 1 aliphatic carbocycles. The average molecular weight is 237 g/mol. The predicted octanol–water partition coefficient (Wildman–Crippen LogP) is 2.68. The van der Waals surface area contributed by atoms with Crippen LogP contribution in [-0.2, 0) is 0 Å². The smallest absolute Gasteiger partial charge is 0.345 e. The van der Waals surface area contributed by atoms with E-state index in [-0.39, 0.29) is 0 Å². The fourth-order valence-electron chi connectivity index (χ4n) is 3.03. The van der Waals surface area contributed by atoms with Gasteiger partial charge in [-0.3, -0.25) is 0 Å². The number of rotatable bonds is 2. The molecule has 1 saturated heterocycles. The van der Waals surface area contributed by atoms with Gasteiger partial charge < -0.3 is 10.0 Å². The zero-order valence-electron chi connectivity index (χ0n) is 9.06. The van der Waals surface area contributed by atoms with Crippen LogP contribution in [0.1, 0.15) is 28.9 Å². The summed E-state index contributed by atoms with van der Waals surface area (Å²) >= 11 is 1.40. The topological polar surface area (TPSA) is 40.5 Å². The summed E-state index contributed by atoms with van der Waals surface area (Å²) in [6.45, 7) is 2.26. The molecule has 0 amide bonds. The van der Waals surface area contributed by atoms with Crippen LogP contribution < -0.4 is 4.90 Å². The molecular formula is C12H15NO2S. The second-order valence-electron chi connectivity index (χ2n) is 4.80. The maximum absolute atomic E-state index is 10.8. The van der Waals surface area contributed by atoms with Crippen LogP contribution in [0.3, 0.4) is 0 Å². The number of anilines is 1. The molecule has 1 aromatic rings. The number of carboxylic acids is 1. The highest BCUT2D eigenvalue weighted by atomic mass is 32.1. The Bertz CT molecular complexity index is 403. The second kappa shape index (κ2) is 3.77. The molecule has 2 heterocycles. The van der Waals surface area contributed by atoms with E-state index in [0.717, 1.165) is 29.9 Å². The molecule has 1 saturated carbocycles. The van der Waals surface area contributed by atoms with E-state index in [1.54, 1.807) is 6.07 Å². The van der Waals surface area contributed by atoms with Crippen molar-refractivity contribution in [1.29, 1.82) is 0 Å². The summed E-state index contributed by atoms with van der Waals surface area (Å²) in [4.78, 5) is 13.6. The molecule has 16 heavy (non-hydrogen) atoms. The van der Waals surface area contributed by atoms with Crippen molar-refractivity contribution in [3.8, 4) is 0 Å². The minimum absolute atomic E-state index is 0.451. The van der Waals surface area contributed by atoms with Crippen LogP contribution in [-0.4, -0.2) is 24.2 Å². The molecule has 0 aromatic carbocycles. The Morgan fingerprint density at radius 3 is 2.56 bits per heavy atom. The summed E-state index contributed by atoms with van der Waals surface area (Å²) < 4.78 is 0. The summed E-state index contributed by atoms with van der Waals surface area (Å²) in [6, 6.07) is 3.67. The molecule has 1 aliphatic heterocycles. The fraction of sp³-hybridized carbons (Fsp3) is 0.583. The number of hydrogen-bond donors (Lipinski definition) is 1. The van der Waals surface area contributed by atoms with Crippen molar-refractivity contribution in [2.24, 2.45) is 11.8 Å². The Kier molecular flexibility index (Phi) is 2.39. The standard InChI is InChI=1S/C12H15NO2S/c14-12(15)10-4-5-11(16-10)13-6-8-2-1-3-9(8)7-13/h4-5,8-9H,1-3,6-7H2,(H,14,15). The second-order valence-corrected chi connectivity index (χ2v) is 5.86. The molecule has 2 unspecified atom stereocenters. The summed E-state index contributed by atoms with van der Waals surface area (Å²) in [5.41, 5.74) is 0. The van der Waals surface area contributed by atoms with Crippen molar-refractivity contribution in [1.82, 2.24) is 0 Å². The number of nitrogens with zero attached hydrogens (tertiary/aromatic N) is 1. The van der Waals surface area contributed by atoms with Crippen molar-refractivity contribution in [3.05, 3.63) is 17.0 Å². The van der Waals surface area contributed by atoms with Gasteiger partial charge in [0.2, 0.25) is 0 Å². The fourth-order valence-corrected chi connectivity index (χ4v) is 3.89. The predicted molar refractivity (Wildman–Crippen MR) is 64.3 cm³/mol. The van der Waals surface area contributed by atoms with Gasteiger partial charge in [-0.15, -0.1) is 11.3 Å². The average Bonchev–Trinajstić information content (AvgIpc) is 2.91. The molecule has 2 atom stereocenters. The van der Waals surface area contributed by atoms with Gasteiger partial charge in [0.25, 0.3) is 0 Å². The first kappa shape index (κ1) is 10.1. The minimum Gasteiger partial charge on any atom is -0.477 e.